The van der Waals surface area contributed by atoms with Crippen molar-refractivity contribution in [2.75, 3.05) is 39.6 Å². The normalized spacial score (nSPS) is 14.3. The Kier molecular flexibility index (Phi) is 6.36. The highest BCUT2D eigenvalue weighted by atomic mass is 35.5. The van der Waals surface area contributed by atoms with Crippen LogP contribution < -0.4 is 4.90 Å². The molecule has 29 heavy (non-hydrogen) atoms. The summed E-state index contributed by atoms with van der Waals surface area (Å²) in [6.07, 6.45) is 0. The molecule has 1 aliphatic heterocycles. The van der Waals surface area contributed by atoms with E-state index in [9.17, 15) is 9.59 Å². The summed E-state index contributed by atoms with van der Waals surface area (Å²) < 4.78 is 20.5. The zero-order valence-corrected chi connectivity index (χ0v) is 17.3. The number of hydrogen-bond donors (Lipinski definition) is 0. The maximum Gasteiger partial charge on any atom is 0.355 e. The van der Waals surface area contributed by atoms with Gasteiger partial charge in [0.25, 0.3) is 0 Å². The van der Waals surface area contributed by atoms with Crippen LogP contribution in [0.5, 0.6) is 0 Å². The van der Waals surface area contributed by atoms with Crippen LogP contribution in [0.15, 0.2) is 29.5 Å². The summed E-state index contributed by atoms with van der Waals surface area (Å²) in [4.78, 5) is 30.7. The van der Waals surface area contributed by atoms with Crippen molar-refractivity contribution in [2.45, 2.75) is 13.5 Å². The summed E-state index contributed by atoms with van der Waals surface area (Å²) in [6.45, 7) is 2.27. The predicted octanol–water partition coefficient (Wildman–Crippen LogP) is 2.74. The van der Waals surface area contributed by atoms with Crippen molar-refractivity contribution in [3.63, 3.8) is 0 Å². The van der Waals surface area contributed by atoms with E-state index in [0.29, 0.717) is 23.0 Å². The molecule has 0 fully saturated rings. The van der Waals surface area contributed by atoms with Crippen LogP contribution in [-0.4, -0.2) is 51.6 Å². The Bertz CT molecular complexity index is 1000. The number of pyridine rings is 1. The second-order valence-electron chi connectivity index (χ2n) is 6.41. The number of hydrogen-bond acceptors (Lipinski definition) is 8. The number of rotatable bonds is 5. The third-order valence-electron chi connectivity index (χ3n) is 4.60. The summed E-state index contributed by atoms with van der Waals surface area (Å²) in [7, 11) is 4.10. The Balaban J connectivity index is 2.21. The standard InChI is InChI=1S/C20H21ClN2O6/c1-11-5-13-12(8-26-2)6-17(21)22-15(13)7-16(11)23-10-29-9-14(19(24)27-3)18(23)20(25)28-4/h5-7H,8-10H2,1-4H3. The second-order valence-corrected chi connectivity index (χ2v) is 6.80. The molecule has 0 bridgehead atoms. The van der Waals surface area contributed by atoms with E-state index in [1.165, 1.54) is 14.2 Å². The molecule has 0 saturated carbocycles. The van der Waals surface area contributed by atoms with Crippen LogP contribution >= 0.6 is 11.6 Å². The van der Waals surface area contributed by atoms with Gasteiger partial charge in [-0.2, -0.15) is 0 Å². The molecule has 0 atom stereocenters. The first-order valence-corrected chi connectivity index (χ1v) is 9.12. The Morgan fingerprint density at radius 1 is 1.17 bits per heavy atom. The lowest BCUT2D eigenvalue weighted by Gasteiger charge is -2.32. The van der Waals surface area contributed by atoms with Crippen LogP contribution in [0.25, 0.3) is 10.9 Å². The van der Waals surface area contributed by atoms with Crippen LogP contribution in [-0.2, 0) is 35.1 Å². The van der Waals surface area contributed by atoms with Crippen LogP contribution in [0.4, 0.5) is 5.69 Å². The van der Waals surface area contributed by atoms with Crippen molar-refractivity contribution < 1.29 is 28.5 Å². The number of esters is 2. The first kappa shape index (κ1) is 21.0. The monoisotopic (exact) mass is 420 g/mol. The molecule has 1 aromatic heterocycles. The van der Waals surface area contributed by atoms with Gasteiger partial charge in [0, 0.05) is 18.2 Å². The molecule has 1 aliphatic rings. The number of benzene rings is 1. The first-order valence-electron chi connectivity index (χ1n) is 8.75. The minimum Gasteiger partial charge on any atom is -0.466 e. The molecule has 0 aliphatic carbocycles. The number of fused-ring (bicyclic) bond motifs is 1. The molecule has 1 aromatic carbocycles. The number of nitrogens with zero attached hydrogens (tertiary/aromatic N) is 2. The van der Waals surface area contributed by atoms with Gasteiger partial charge in [0.15, 0.2) is 0 Å². The lowest BCUT2D eigenvalue weighted by atomic mass is 10.0. The lowest BCUT2D eigenvalue weighted by Crippen LogP contribution is -2.39. The fourth-order valence-electron chi connectivity index (χ4n) is 3.30. The molecular formula is C20H21ClN2O6. The van der Waals surface area contributed by atoms with Crippen molar-refractivity contribution in [3.8, 4) is 0 Å². The SMILES string of the molecule is COCc1cc(Cl)nc2cc(N3COCC(C(=O)OC)=C3C(=O)OC)c(C)cc12. The van der Waals surface area contributed by atoms with Gasteiger partial charge >= 0.3 is 11.9 Å². The quantitative estimate of drug-likeness (QED) is 0.539. The summed E-state index contributed by atoms with van der Waals surface area (Å²) in [5.74, 6) is -1.32. The Morgan fingerprint density at radius 3 is 2.55 bits per heavy atom. The van der Waals surface area contributed by atoms with Gasteiger partial charge in [-0.3, -0.25) is 0 Å². The number of carbonyl (C=O) groups is 2. The van der Waals surface area contributed by atoms with E-state index in [1.807, 2.05) is 13.0 Å². The number of carbonyl (C=O) groups excluding carboxylic acids is 2. The van der Waals surface area contributed by atoms with Crippen molar-refractivity contribution in [1.82, 2.24) is 4.98 Å². The smallest absolute Gasteiger partial charge is 0.355 e. The molecule has 0 spiro atoms. The fourth-order valence-corrected chi connectivity index (χ4v) is 3.53. The highest BCUT2D eigenvalue weighted by molar-refractivity contribution is 6.30. The zero-order chi connectivity index (χ0) is 21.1. The van der Waals surface area contributed by atoms with Crippen molar-refractivity contribution in [3.05, 3.63) is 45.7 Å². The highest BCUT2D eigenvalue weighted by Gasteiger charge is 2.33. The van der Waals surface area contributed by atoms with E-state index >= 15 is 0 Å². The zero-order valence-electron chi connectivity index (χ0n) is 16.6. The average Bonchev–Trinajstić information content (AvgIpc) is 2.72. The maximum atomic E-state index is 12.5. The lowest BCUT2D eigenvalue weighted by molar-refractivity contribution is -0.140. The van der Waals surface area contributed by atoms with E-state index in [0.717, 1.165) is 16.5 Å². The topological polar surface area (TPSA) is 87.2 Å². The Morgan fingerprint density at radius 2 is 1.90 bits per heavy atom. The fraction of sp³-hybridized carbons (Fsp3) is 0.350. The molecular weight excluding hydrogens is 400 g/mol. The maximum absolute atomic E-state index is 12.5. The van der Waals surface area contributed by atoms with Crippen LogP contribution in [0.1, 0.15) is 11.1 Å². The summed E-state index contributed by atoms with van der Waals surface area (Å²) in [5, 5.41) is 1.21. The molecule has 2 heterocycles. The van der Waals surface area contributed by atoms with E-state index in [4.69, 9.17) is 30.5 Å². The van der Waals surface area contributed by atoms with E-state index in [1.54, 1.807) is 24.1 Å². The number of halogens is 1. The minimum atomic E-state index is -0.660. The molecule has 0 unspecified atom stereocenters. The van der Waals surface area contributed by atoms with Gasteiger partial charge in [-0.25, -0.2) is 14.6 Å². The van der Waals surface area contributed by atoms with Gasteiger partial charge < -0.3 is 23.8 Å². The molecule has 2 aromatic rings. The average molecular weight is 421 g/mol. The van der Waals surface area contributed by atoms with Gasteiger partial charge in [-0.15, -0.1) is 0 Å². The number of methoxy groups -OCH3 is 3. The van der Waals surface area contributed by atoms with Crippen molar-refractivity contribution >= 4 is 40.1 Å². The van der Waals surface area contributed by atoms with Crippen LogP contribution in [0, 0.1) is 6.92 Å². The summed E-state index contributed by atoms with van der Waals surface area (Å²) in [6, 6.07) is 5.48. The minimum absolute atomic E-state index is 0.0533. The molecule has 9 heteroatoms. The summed E-state index contributed by atoms with van der Waals surface area (Å²) >= 11 is 6.17. The molecule has 3 rings (SSSR count). The molecule has 0 radical (unpaired) electrons. The third kappa shape index (κ3) is 4.05. The molecule has 8 nitrogen and oxygen atoms in total. The van der Waals surface area contributed by atoms with Gasteiger partial charge in [-0.1, -0.05) is 11.6 Å². The molecule has 0 saturated heterocycles. The van der Waals surface area contributed by atoms with E-state index in [-0.39, 0.29) is 24.6 Å². The predicted molar refractivity (Wildman–Crippen MR) is 107 cm³/mol. The second kappa shape index (κ2) is 8.77. The molecule has 0 amide bonds. The number of aromatic nitrogens is 1. The van der Waals surface area contributed by atoms with Crippen LogP contribution in [0.3, 0.4) is 0 Å². The van der Waals surface area contributed by atoms with Crippen molar-refractivity contribution in [1.29, 1.82) is 0 Å². The van der Waals surface area contributed by atoms with Crippen LogP contribution in [0.2, 0.25) is 5.15 Å². The Hall–Kier alpha value is -2.68. The molecule has 0 N–H and O–H groups in total. The van der Waals surface area contributed by atoms with E-state index < -0.39 is 11.9 Å². The van der Waals surface area contributed by atoms with Gasteiger partial charge in [0.1, 0.15) is 17.6 Å². The number of aryl methyl sites for hydroxylation is 1. The van der Waals surface area contributed by atoms with Crippen molar-refractivity contribution in [2.24, 2.45) is 0 Å². The Labute approximate surface area is 172 Å². The van der Waals surface area contributed by atoms with E-state index in [2.05, 4.69) is 4.98 Å². The number of ether oxygens (including phenoxy) is 4. The van der Waals surface area contributed by atoms with Gasteiger partial charge in [0.05, 0.1) is 38.5 Å². The number of anilines is 1. The highest BCUT2D eigenvalue weighted by Crippen LogP contribution is 2.33. The third-order valence-corrected chi connectivity index (χ3v) is 4.80. The molecule has 154 valence electrons. The largest absolute Gasteiger partial charge is 0.466 e. The summed E-state index contributed by atoms with van der Waals surface area (Å²) in [5.41, 5.74) is 3.16. The first-order chi connectivity index (χ1) is 13.9. The van der Waals surface area contributed by atoms with Gasteiger partial charge in [0.2, 0.25) is 0 Å². The van der Waals surface area contributed by atoms with Gasteiger partial charge in [-0.05, 0) is 36.2 Å².